The van der Waals surface area contributed by atoms with Crippen LogP contribution >= 0.6 is 0 Å². The number of nitrogen functional groups attached to an aromatic ring is 1. The summed E-state index contributed by atoms with van der Waals surface area (Å²) in [5, 5.41) is 11.5. The number of nitrogens with two attached hydrogens (primary N) is 1. The van der Waals surface area contributed by atoms with Crippen molar-refractivity contribution in [1.82, 2.24) is 20.2 Å². The number of benzene rings is 1. The van der Waals surface area contributed by atoms with Crippen molar-refractivity contribution >= 4 is 5.69 Å². The molecule has 0 atom stereocenters. The van der Waals surface area contributed by atoms with Gasteiger partial charge >= 0.3 is 0 Å². The topological polar surface area (TPSA) is 69.6 Å². The second kappa shape index (κ2) is 3.68. The summed E-state index contributed by atoms with van der Waals surface area (Å²) in [7, 11) is 0. The van der Waals surface area contributed by atoms with Crippen LogP contribution in [0.15, 0.2) is 18.2 Å². The third-order valence-electron chi connectivity index (χ3n) is 2.40. The van der Waals surface area contributed by atoms with Crippen molar-refractivity contribution in [3.8, 4) is 11.4 Å². The van der Waals surface area contributed by atoms with E-state index in [0.29, 0.717) is 0 Å². The van der Waals surface area contributed by atoms with Crippen LogP contribution < -0.4 is 5.73 Å². The normalized spacial score (nSPS) is 10.5. The smallest absolute Gasteiger partial charge is 0.184 e. The number of rotatable bonds is 2. The number of aromatic nitrogens is 4. The zero-order valence-electron chi connectivity index (χ0n) is 8.81. The molecule has 5 heteroatoms. The van der Waals surface area contributed by atoms with Crippen LogP contribution in [0.1, 0.15) is 12.5 Å². The maximum atomic E-state index is 5.99. The van der Waals surface area contributed by atoms with Gasteiger partial charge in [0, 0.05) is 17.8 Å². The number of para-hydroxylation sites is 1. The van der Waals surface area contributed by atoms with E-state index >= 15 is 0 Å². The lowest BCUT2D eigenvalue weighted by atomic mass is 10.1. The largest absolute Gasteiger partial charge is 0.398 e. The Morgan fingerprint density at radius 2 is 2.20 bits per heavy atom. The molecule has 0 radical (unpaired) electrons. The van der Waals surface area contributed by atoms with E-state index in [-0.39, 0.29) is 0 Å². The number of aryl methyl sites for hydroxylation is 2. The highest BCUT2D eigenvalue weighted by molar-refractivity contribution is 5.73. The van der Waals surface area contributed by atoms with Gasteiger partial charge in [-0.15, -0.1) is 5.10 Å². The molecule has 0 saturated carbocycles. The highest BCUT2D eigenvalue weighted by Crippen LogP contribution is 2.25. The molecule has 0 amide bonds. The summed E-state index contributed by atoms with van der Waals surface area (Å²) < 4.78 is 1.73. The van der Waals surface area contributed by atoms with Gasteiger partial charge < -0.3 is 5.73 Å². The highest BCUT2D eigenvalue weighted by atomic mass is 15.5. The molecule has 0 saturated heterocycles. The molecule has 0 fully saturated rings. The summed E-state index contributed by atoms with van der Waals surface area (Å²) in [4.78, 5) is 0. The average Bonchev–Trinajstić information content (AvgIpc) is 2.70. The Hall–Kier alpha value is -1.91. The first kappa shape index (κ1) is 9.64. The van der Waals surface area contributed by atoms with Gasteiger partial charge in [-0.1, -0.05) is 12.1 Å². The minimum Gasteiger partial charge on any atom is -0.398 e. The van der Waals surface area contributed by atoms with Crippen molar-refractivity contribution in [3.05, 3.63) is 23.8 Å². The first-order valence-corrected chi connectivity index (χ1v) is 4.85. The summed E-state index contributed by atoms with van der Waals surface area (Å²) in [6.45, 7) is 4.69. The molecule has 1 heterocycles. The fraction of sp³-hybridized carbons (Fsp3) is 0.300. The second-order valence-corrected chi connectivity index (χ2v) is 3.35. The fourth-order valence-corrected chi connectivity index (χ4v) is 1.49. The molecule has 15 heavy (non-hydrogen) atoms. The molecule has 0 aliphatic rings. The first-order chi connectivity index (χ1) is 7.24. The Morgan fingerprint density at radius 1 is 1.40 bits per heavy atom. The van der Waals surface area contributed by atoms with Gasteiger partial charge in [-0.3, -0.25) is 0 Å². The summed E-state index contributed by atoms with van der Waals surface area (Å²) in [5.74, 6) is 0.721. The fourth-order valence-electron chi connectivity index (χ4n) is 1.49. The van der Waals surface area contributed by atoms with Crippen molar-refractivity contribution in [2.45, 2.75) is 20.4 Å². The maximum absolute atomic E-state index is 5.99. The van der Waals surface area contributed by atoms with Gasteiger partial charge in [0.2, 0.25) is 0 Å². The van der Waals surface area contributed by atoms with Crippen LogP contribution in [0.2, 0.25) is 0 Å². The van der Waals surface area contributed by atoms with E-state index in [4.69, 9.17) is 5.73 Å². The van der Waals surface area contributed by atoms with E-state index < -0.39 is 0 Å². The van der Waals surface area contributed by atoms with Gasteiger partial charge in [0.25, 0.3) is 0 Å². The summed E-state index contributed by atoms with van der Waals surface area (Å²) >= 11 is 0. The van der Waals surface area contributed by atoms with Gasteiger partial charge in [-0.25, -0.2) is 4.68 Å². The van der Waals surface area contributed by atoms with Gasteiger partial charge in [0.15, 0.2) is 5.82 Å². The SMILES string of the molecule is CCn1nnnc1-c1cccc(C)c1N. The molecule has 1 aromatic heterocycles. The van der Waals surface area contributed by atoms with Gasteiger partial charge in [-0.2, -0.15) is 0 Å². The van der Waals surface area contributed by atoms with Crippen molar-refractivity contribution in [3.63, 3.8) is 0 Å². The zero-order valence-corrected chi connectivity index (χ0v) is 8.81. The quantitative estimate of drug-likeness (QED) is 0.746. The summed E-state index contributed by atoms with van der Waals surface area (Å²) in [6.07, 6.45) is 0. The van der Waals surface area contributed by atoms with Crippen molar-refractivity contribution in [2.75, 3.05) is 5.73 Å². The third-order valence-corrected chi connectivity index (χ3v) is 2.40. The predicted molar refractivity (Wildman–Crippen MR) is 58.1 cm³/mol. The Labute approximate surface area is 87.9 Å². The molecule has 0 spiro atoms. The summed E-state index contributed by atoms with van der Waals surface area (Å²) in [5.41, 5.74) is 8.66. The second-order valence-electron chi connectivity index (χ2n) is 3.35. The number of hydrogen-bond donors (Lipinski definition) is 1. The van der Waals surface area contributed by atoms with Crippen molar-refractivity contribution < 1.29 is 0 Å². The average molecular weight is 203 g/mol. The standard InChI is InChI=1S/C10H13N5/c1-3-15-10(12-13-14-15)8-6-4-5-7(2)9(8)11/h4-6H,3,11H2,1-2H3. The van der Waals surface area contributed by atoms with Gasteiger partial charge in [0.05, 0.1) is 0 Å². The zero-order chi connectivity index (χ0) is 10.8. The van der Waals surface area contributed by atoms with Crippen LogP contribution in [0.3, 0.4) is 0 Å². The Morgan fingerprint density at radius 3 is 2.93 bits per heavy atom. The molecule has 78 valence electrons. The van der Waals surface area contributed by atoms with Gasteiger partial charge in [-0.05, 0) is 35.9 Å². The van der Waals surface area contributed by atoms with E-state index in [0.717, 1.165) is 29.2 Å². The van der Waals surface area contributed by atoms with E-state index in [9.17, 15) is 0 Å². The molecule has 0 unspecified atom stereocenters. The number of nitrogens with zero attached hydrogens (tertiary/aromatic N) is 4. The van der Waals surface area contributed by atoms with E-state index in [1.807, 2.05) is 32.0 Å². The number of tetrazole rings is 1. The lowest BCUT2D eigenvalue weighted by Gasteiger charge is -2.06. The molecule has 5 nitrogen and oxygen atoms in total. The molecule has 0 bridgehead atoms. The monoisotopic (exact) mass is 203 g/mol. The molecule has 0 aliphatic carbocycles. The summed E-state index contributed by atoms with van der Waals surface area (Å²) in [6, 6.07) is 5.86. The molecule has 2 N–H and O–H groups in total. The highest BCUT2D eigenvalue weighted by Gasteiger charge is 2.11. The minimum atomic E-state index is 0.721. The van der Waals surface area contributed by atoms with Crippen LogP contribution in [0.5, 0.6) is 0 Å². The van der Waals surface area contributed by atoms with Crippen LogP contribution in [0, 0.1) is 6.92 Å². The van der Waals surface area contributed by atoms with Crippen molar-refractivity contribution in [2.24, 2.45) is 0 Å². The Kier molecular flexibility index (Phi) is 2.37. The first-order valence-electron chi connectivity index (χ1n) is 4.85. The van der Waals surface area contributed by atoms with Crippen LogP contribution in [0.25, 0.3) is 11.4 Å². The lowest BCUT2D eigenvalue weighted by Crippen LogP contribution is -2.02. The van der Waals surface area contributed by atoms with Crippen LogP contribution in [0.4, 0.5) is 5.69 Å². The number of anilines is 1. The molecule has 0 aliphatic heterocycles. The van der Waals surface area contributed by atoms with E-state index in [1.165, 1.54) is 0 Å². The predicted octanol–water partition coefficient (Wildman–Crippen LogP) is 1.25. The van der Waals surface area contributed by atoms with Gasteiger partial charge in [0.1, 0.15) is 0 Å². The Balaban J connectivity index is 2.59. The molecule has 1 aromatic carbocycles. The lowest BCUT2D eigenvalue weighted by molar-refractivity contribution is 0.631. The van der Waals surface area contributed by atoms with Crippen LogP contribution in [-0.2, 0) is 6.54 Å². The molecular weight excluding hydrogens is 190 g/mol. The molecule has 2 rings (SSSR count). The number of hydrogen-bond acceptors (Lipinski definition) is 4. The molecular formula is C10H13N5. The van der Waals surface area contributed by atoms with Crippen molar-refractivity contribution in [1.29, 1.82) is 0 Å². The molecule has 2 aromatic rings. The van der Waals surface area contributed by atoms with E-state index in [2.05, 4.69) is 15.5 Å². The van der Waals surface area contributed by atoms with Crippen LogP contribution in [-0.4, -0.2) is 20.2 Å². The van der Waals surface area contributed by atoms with E-state index in [1.54, 1.807) is 4.68 Å². The third kappa shape index (κ3) is 1.56. The maximum Gasteiger partial charge on any atom is 0.184 e. The minimum absolute atomic E-state index is 0.721. The Bertz CT molecular complexity index is 474.